The van der Waals surface area contributed by atoms with E-state index in [-0.39, 0.29) is 0 Å². The van der Waals surface area contributed by atoms with E-state index in [1.54, 1.807) is 7.11 Å². The van der Waals surface area contributed by atoms with E-state index in [1.807, 2.05) is 18.2 Å². The van der Waals surface area contributed by atoms with Gasteiger partial charge >= 0.3 is 0 Å². The molecule has 1 aromatic rings. The predicted octanol–water partition coefficient (Wildman–Crippen LogP) is 7.28. The number of methoxy groups -OCH3 is 1. The molecule has 4 aliphatic rings. The van der Waals surface area contributed by atoms with Crippen LogP contribution in [0.2, 0.25) is 0 Å². The van der Waals surface area contributed by atoms with Crippen LogP contribution in [0.25, 0.3) is 0 Å². The molecule has 0 unspecified atom stereocenters. The van der Waals surface area contributed by atoms with E-state index in [9.17, 15) is 4.79 Å². The highest BCUT2D eigenvalue weighted by atomic mass is 16.5. The van der Waals surface area contributed by atoms with Gasteiger partial charge in [-0.05, 0) is 86.7 Å². The molecule has 1 amide bonds. The van der Waals surface area contributed by atoms with Crippen molar-refractivity contribution in [2.24, 2.45) is 23.2 Å². The van der Waals surface area contributed by atoms with Gasteiger partial charge in [0.2, 0.25) is 5.91 Å². The third kappa shape index (κ3) is 8.05. The second-order valence-electron chi connectivity index (χ2n) is 12.2. The summed E-state index contributed by atoms with van der Waals surface area (Å²) >= 11 is 0. The van der Waals surface area contributed by atoms with Crippen LogP contribution in [-0.4, -0.2) is 26.2 Å². The second kappa shape index (κ2) is 13.6. The average molecular weight is 499 g/mol. The van der Waals surface area contributed by atoms with Crippen molar-refractivity contribution in [1.29, 1.82) is 0 Å². The van der Waals surface area contributed by atoms with Crippen molar-refractivity contribution in [3.8, 4) is 11.5 Å². The van der Waals surface area contributed by atoms with Gasteiger partial charge in [-0.15, -0.1) is 0 Å². The zero-order valence-corrected chi connectivity index (χ0v) is 22.7. The van der Waals surface area contributed by atoms with Crippen LogP contribution in [0.4, 0.5) is 5.69 Å². The first-order valence-corrected chi connectivity index (χ1v) is 14.9. The molecule has 0 aromatic heterocycles. The minimum Gasteiger partial charge on any atom is -0.494 e. The number of amides is 1. The lowest BCUT2D eigenvalue weighted by Crippen LogP contribution is -2.48. The van der Waals surface area contributed by atoms with Crippen LogP contribution in [-0.2, 0) is 4.79 Å². The number of unbranched alkanes of at least 4 members (excludes halogenated alkanes) is 9. The maximum Gasteiger partial charge on any atom is 0.220 e. The number of nitrogens with one attached hydrogen (secondary N) is 1. The Bertz CT molecular complexity index is 789. The first-order valence-electron chi connectivity index (χ1n) is 14.9. The van der Waals surface area contributed by atoms with Crippen LogP contribution in [0.15, 0.2) is 18.2 Å². The molecule has 0 aliphatic heterocycles. The van der Waals surface area contributed by atoms with E-state index >= 15 is 0 Å². The Hall–Kier alpha value is -1.91. The molecular weight excluding hydrogens is 448 g/mol. The Morgan fingerprint density at radius 3 is 2.03 bits per heavy atom. The molecule has 0 atom stereocenters. The van der Waals surface area contributed by atoms with Gasteiger partial charge < -0.3 is 20.5 Å². The highest BCUT2D eigenvalue weighted by molar-refractivity contribution is 5.76. The molecule has 4 bridgehead atoms. The predicted molar refractivity (Wildman–Crippen MR) is 147 cm³/mol. The number of benzene rings is 1. The molecule has 0 saturated heterocycles. The molecule has 5 nitrogen and oxygen atoms in total. The number of hydrogen-bond acceptors (Lipinski definition) is 4. The minimum atomic E-state index is 0.329. The van der Waals surface area contributed by atoms with Crippen molar-refractivity contribution >= 4 is 11.6 Å². The molecule has 0 heterocycles. The summed E-state index contributed by atoms with van der Waals surface area (Å²) < 4.78 is 11.0. The van der Waals surface area contributed by atoms with Crippen molar-refractivity contribution < 1.29 is 14.3 Å². The standard InChI is InChI=1S/C31H50N2O3/c1-35-29-19-27(12-13-28(29)32)36-15-11-9-7-5-3-2-4-6-8-10-14-33-30(34)23-31-20-24-16-25(21-31)18-26(17-24)22-31/h12-13,19,24-26H,2-11,14-18,20-23,32H2,1H3,(H,33,34). The molecule has 4 fully saturated rings. The Morgan fingerprint density at radius 1 is 0.889 bits per heavy atom. The zero-order valence-electron chi connectivity index (χ0n) is 22.7. The summed E-state index contributed by atoms with van der Waals surface area (Å²) in [6.07, 6.45) is 21.7. The zero-order chi connectivity index (χ0) is 25.2. The number of rotatable bonds is 17. The topological polar surface area (TPSA) is 73.6 Å². The molecule has 4 aliphatic carbocycles. The van der Waals surface area contributed by atoms with Crippen LogP contribution >= 0.6 is 0 Å². The van der Waals surface area contributed by atoms with E-state index in [0.29, 0.717) is 22.8 Å². The van der Waals surface area contributed by atoms with E-state index in [4.69, 9.17) is 15.2 Å². The van der Waals surface area contributed by atoms with Gasteiger partial charge in [-0.2, -0.15) is 0 Å². The maximum absolute atomic E-state index is 12.6. The number of nitrogens with two attached hydrogens (primary N) is 1. The van der Waals surface area contributed by atoms with E-state index < -0.39 is 0 Å². The largest absolute Gasteiger partial charge is 0.494 e. The normalized spacial score (nSPS) is 26.2. The lowest BCUT2D eigenvalue weighted by molar-refractivity contribution is -0.129. The highest BCUT2D eigenvalue weighted by Crippen LogP contribution is 2.61. The van der Waals surface area contributed by atoms with Gasteiger partial charge in [-0.25, -0.2) is 0 Å². The van der Waals surface area contributed by atoms with Crippen LogP contribution in [0.3, 0.4) is 0 Å². The summed E-state index contributed by atoms with van der Waals surface area (Å²) in [6, 6.07) is 5.58. The van der Waals surface area contributed by atoms with Crippen LogP contribution in [0.1, 0.15) is 109 Å². The number of ether oxygens (including phenoxy) is 2. The van der Waals surface area contributed by atoms with E-state index in [1.165, 1.54) is 89.9 Å². The number of hydrogen-bond donors (Lipinski definition) is 2. The second-order valence-corrected chi connectivity index (χ2v) is 12.2. The van der Waals surface area contributed by atoms with Crippen molar-refractivity contribution in [2.75, 3.05) is 26.0 Å². The van der Waals surface area contributed by atoms with Gasteiger partial charge in [0.1, 0.15) is 11.5 Å². The molecular formula is C31H50N2O3. The highest BCUT2D eigenvalue weighted by Gasteiger charge is 2.51. The molecule has 1 aromatic carbocycles. The number of anilines is 1. The lowest BCUT2D eigenvalue weighted by atomic mass is 9.49. The maximum atomic E-state index is 12.6. The summed E-state index contributed by atoms with van der Waals surface area (Å²) in [4.78, 5) is 12.6. The van der Waals surface area contributed by atoms with Crippen LogP contribution in [0.5, 0.6) is 11.5 Å². The van der Waals surface area contributed by atoms with Crippen LogP contribution in [0, 0.1) is 23.2 Å². The SMILES string of the molecule is COc1cc(OCCCCCCCCCCCCNC(=O)CC23CC4CC(CC(C4)C2)C3)ccc1N. The van der Waals surface area contributed by atoms with Gasteiger partial charge in [0.25, 0.3) is 0 Å². The Kier molecular flexibility index (Phi) is 10.2. The monoisotopic (exact) mass is 498 g/mol. The lowest BCUT2D eigenvalue weighted by Gasteiger charge is -2.56. The third-order valence-electron chi connectivity index (χ3n) is 9.07. The molecule has 5 rings (SSSR count). The van der Waals surface area contributed by atoms with Gasteiger partial charge in [0.15, 0.2) is 0 Å². The van der Waals surface area contributed by atoms with Gasteiger partial charge in [-0.3, -0.25) is 4.79 Å². The molecule has 202 valence electrons. The van der Waals surface area contributed by atoms with Crippen molar-refractivity contribution in [3.63, 3.8) is 0 Å². The molecule has 3 N–H and O–H groups in total. The third-order valence-corrected chi connectivity index (χ3v) is 9.07. The molecule has 36 heavy (non-hydrogen) atoms. The molecule has 5 heteroatoms. The number of carbonyl (C=O) groups is 1. The summed E-state index contributed by atoms with van der Waals surface area (Å²) in [5, 5.41) is 3.25. The number of carbonyl (C=O) groups excluding carboxylic acids is 1. The summed E-state index contributed by atoms with van der Waals surface area (Å²) in [7, 11) is 1.62. The molecule has 4 saturated carbocycles. The van der Waals surface area contributed by atoms with Gasteiger partial charge in [0, 0.05) is 19.0 Å². The van der Waals surface area contributed by atoms with E-state index in [0.717, 1.165) is 55.9 Å². The quantitative estimate of drug-likeness (QED) is 0.175. The molecule has 0 spiro atoms. The fourth-order valence-corrected chi connectivity index (χ4v) is 7.75. The van der Waals surface area contributed by atoms with Gasteiger partial charge in [-0.1, -0.05) is 51.4 Å². The Balaban J connectivity index is 0.920. The molecule has 0 radical (unpaired) electrons. The fourth-order valence-electron chi connectivity index (χ4n) is 7.75. The van der Waals surface area contributed by atoms with Crippen molar-refractivity contribution in [2.45, 2.75) is 109 Å². The van der Waals surface area contributed by atoms with E-state index in [2.05, 4.69) is 5.32 Å². The summed E-state index contributed by atoms with van der Waals surface area (Å²) in [5.74, 6) is 4.62. The summed E-state index contributed by atoms with van der Waals surface area (Å²) in [5.41, 5.74) is 6.85. The Morgan fingerprint density at radius 2 is 1.44 bits per heavy atom. The smallest absolute Gasteiger partial charge is 0.220 e. The van der Waals surface area contributed by atoms with Crippen molar-refractivity contribution in [1.82, 2.24) is 5.32 Å². The van der Waals surface area contributed by atoms with Crippen molar-refractivity contribution in [3.05, 3.63) is 18.2 Å². The first-order chi connectivity index (χ1) is 17.5. The first kappa shape index (κ1) is 27.1. The minimum absolute atomic E-state index is 0.329. The van der Waals surface area contributed by atoms with Crippen LogP contribution < -0.4 is 20.5 Å². The van der Waals surface area contributed by atoms with Gasteiger partial charge in [0.05, 0.1) is 19.4 Å². The fraction of sp³-hybridized carbons (Fsp3) is 0.774. The Labute approximate surface area is 219 Å². The average Bonchev–Trinajstić information content (AvgIpc) is 2.84. The number of nitrogen functional groups attached to an aromatic ring is 1. The summed E-state index contributed by atoms with van der Waals surface area (Å²) in [6.45, 7) is 1.61.